The molecule has 1 rings (SSSR count). The first-order valence-electron chi connectivity index (χ1n) is 7.63. The van der Waals surface area contributed by atoms with Gasteiger partial charge in [0.2, 0.25) is 5.91 Å². The second-order valence-electron chi connectivity index (χ2n) is 5.76. The second-order valence-corrected chi connectivity index (χ2v) is 7.08. The van der Waals surface area contributed by atoms with Gasteiger partial charge >= 0.3 is 11.9 Å². The first-order chi connectivity index (χ1) is 11.6. The lowest BCUT2D eigenvalue weighted by Gasteiger charge is -2.33. The average molecular weight is 435 g/mol. The summed E-state index contributed by atoms with van der Waals surface area (Å²) in [5.74, 6) is -1.29. The minimum atomic E-state index is -1.03. The zero-order valence-corrected chi connectivity index (χ0v) is 16.7. The highest BCUT2D eigenvalue weighted by Gasteiger charge is 2.34. The summed E-state index contributed by atoms with van der Waals surface area (Å²) in [6.45, 7) is 3.68. The Bertz CT molecular complexity index is 632. The number of ether oxygens (including phenoxy) is 2. The van der Waals surface area contributed by atoms with Crippen LogP contribution in [-0.4, -0.2) is 36.6 Å². The van der Waals surface area contributed by atoms with Crippen LogP contribution in [0.2, 0.25) is 5.02 Å². The molecule has 25 heavy (non-hydrogen) atoms. The molecule has 1 amide bonds. The Kier molecular flexibility index (Phi) is 8.38. The quantitative estimate of drug-likeness (QED) is 0.636. The minimum absolute atomic E-state index is 0.108. The van der Waals surface area contributed by atoms with Crippen LogP contribution in [0.5, 0.6) is 0 Å². The largest absolute Gasteiger partial charge is 0.463 e. The Balaban J connectivity index is 3.00. The van der Waals surface area contributed by atoms with Gasteiger partial charge in [0.25, 0.3) is 0 Å². The number of benzene rings is 1. The van der Waals surface area contributed by atoms with E-state index >= 15 is 0 Å². The number of nitrogens with one attached hydrogen (secondary N) is 1. The number of hydrogen-bond acceptors (Lipinski definition) is 5. The van der Waals surface area contributed by atoms with Gasteiger partial charge in [0.1, 0.15) is 18.8 Å². The maximum absolute atomic E-state index is 11.6. The van der Waals surface area contributed by atoms with Crippen LogP contribution in [0.15, 0.2) is 22.7 Å². The molecule has 0 spiro atoms. The smallest absolute Gasteiger partial charge is 0.302 e. The molecular formula is C17H21BrClNO5. The molecular weight excluding hydrogens is 414 g/mol. The summed E-state index contributed by atoms with van der Waals surface area (Å²) in [4.78, 5) is 34.1. The number of hydrogen-bond donors (Lipinski definition) is 1. The van der Waals surface area contributed by atoms with Gasteiger partial charge in [0.15, 0.2) is 0 Å². The van der Waals surface area contributed by atoms with Crippen LogP contribution in [-0.2, 0) is 30.3 Å². The molecule has 0 heterocycles. The third kappa shape index (κ3) is 7.88. The molecule has 0 aromatic heterocycles. The number of carbonyl (C=O) groups is 3. The van der Waals surface area contributed by atoms with Crippen molar-refractivity contribution in [3.05, 3.63) is 33.3 Å². The van der Waals surface area contributed by atoms with Gasteiger partial charge in [0, 0.05) is 30.3 Å². The second kappa shape index (κ2) is 9.77. The van der Waals surface area contributed by atoms with Gasteiger partial charge in [-0.3, -0.25) is 14.4 Å². The SMILES string of the molecule is CC(=O)NC(CCc1ccc(Br)cc1Cl)(COC(C)=O)COC(C)=O. The number of esters is 2. The van der Waals surface area contributed by atoms with Gasteiger partial charge in [-0.05, 0) is 30.5 Å². The van der Waals surface area contributed by atoms with E-state index < -0.39 is 17.5 Å². The highest BCUT2D eigenvalue weighted by molar-refractivity contribution is 9.10. The van der Waals surface area contributed by atoms with E-state index in [-0.39, 0.29) is 19.1 Å². The van der Waals surface area contributed by atoms with Crippen molar-refractivity contribution in [2.45, 2.75) is 39.2 Å². The van der Waals surface area contributed by atoms with E-state index in [0.29, 0.717) is 17.9 Å². The lowest BCUT2D eigenvalue weighted by Crippen LogP contribution is -2.55. The predicted molar refractivity (Wildman–Crippen MR) is 97.3 cm³/mol. The molecule has 0 fully saturated rings. The van der Waals surface area contributed by atoms with Crippen LogP contribution >= 0.6 is 27.5 Å². The van der Waals surface area contributed by atoms with E-state index in [0.717, 1.165) is 10.0 Å². The molecule has 1 N–H and O–H groups in total. The molecule has 0 saturated carbocycles. The molecule has 0 radical (unpaired) electrons. The molecule has 8 heteroatoms. The summed E-state index contributed by atoms with van der Waals surface area (Å²) in [6.07, 6.45) is 0.864. The lowest BCUT2D eigenvalue weighted by atomic mass is 9.92. The van der Waals surface area contributed by atoms with Gasteiger partial charge in [-0.15, -0.1) is 0 Å². The number of aryl methyl sites for hydroxylation is 1. The van der Waals surface area contributed by atoms with Gasteiger partial charge in [-0.1, -0.05) is 33.6 Å². The third-order valence-corrected chi connectivity index (χ3v) is 4.28. The van der Waals surface area contributed by atoms with Crippen LogP contribution in [0.1, 0.15) is 32.8 Å². The predicted octanol–water partition coefficient (Wildman–Crippen LogP) is 3.04. The molecule has 0 aliphatic heterocycles. The summed E-state index contributed by atoms with van der Waals surface area (Å²) in [6, 6.07) is 5.50. The summed E-state index contributed by atoms with van der Waals surface area (Å²) in [5.41, 5.74) is -0.162. The Morgan fingerprint density at radius 3 is 2.12 bits per heavy atom. The van der Waals surface area contributed by atoms with Crippen molar-refractivity contribution < 1.29 is 23.9 Å². The zero-order chi connectivity index (χ0) is 19.0. The Morgan fingerprint density at radius 1 is 1.12 bits per heavy atom. The van der Waals surface area contributed by atoms with Crippen molar-refractivity contribution in [3.63, 3.8) is 0 Å². The van der Waals surface area contributed by atoms with E-state index in [1.165, 1.54) is 20.8 Å². The fourth-order valence-electron chi connectivity index (χ4n) is 2.27. The highest BCUT2D eigenvalue weighted by atomic mass is 79.9. The first-order valence-corrected chi connectivity index (χ1v) is 8.80. The fraction of sp³-hybridized carbons (Fsp3) is 0.471. The van der Waals surface area contributed by atoms with E-state index in [9.17, 15) is 14.4 Å². The number of amides is 1. The fourth-order valence-corrected chi connectivity index (χ4v) is 3.04. The molecule has 0 bridgehead atoms. The monoisotopic (exact) mass is 433 g/mol. The summed E-state index contributed by atoms with van der Waals surface area (Å²) >= 11 is 9.58. The normalized spacial score (nSPS) is 10.9. The van der Waals surface area contributed by atoms with Gasteiger partial charge in [-0.2, -0.15) is 0 Å². The van der Waals surface area contributed by atoms with Gasteiger partial charge in [0.05, 0.1) is 0 Å². The van der Waals surface area contributed by atoms with Crippen molar-refractivity contribution in [2.24, 2.45) is 0 Å². The van der Waals surface area contributed by atoms with Gasteiger partial charge in [-0.25, -0.2) is 0 Å². The molecule has 1 aromatic carbocycles. The van der Waals surface area contributed by atoms with Crippen LogP contribution < -0.4 is 5.32 Å². The van der Waals surface area contributed by atoms with Crippen molar-refractivity contribution in [2.75, 3.05) is 13.2 Å². The minimum Gasteiger partial charge on any atom is -0.463 e. The maximum atomic E-state index is 11.6. The van der Waals surface area contributed by atoms with Crippen molar-refractivity contribution in [1.82, 2.24) is 5.32 Å². The van der Waals surface area contributed by atoms with E-state index in [2.05, 4.69) is 21.2 Å². The van der Waals surface area contributed by atoms with Crippen molar-refractivity contribution >= 4 is 45.4 Å². The van der Waals surface area contributed by atoms with Gasteiger partial charge < -0.3 is 14.8 Å². The molecule has 0 saturated heterocycles. The summed E-state index contributed by atoms with van der Waals surface area (Å²) < 4.78 is 11.0. The average Bonchev–Trinajstić information content (AvgIpc) is 2.49. The standard InChI is InChI=1S/C17H21BrClNO5/c1-11(21)20-17(9-24-12(2)22,10-25-13(3)23)7-6-14-4-5-15(18)8-16(14)19/h4-5,8H,6-7,9-10H2,1-3H3,(H,20,21). The Labute approximate surface area is 160 Å². The first kappa shape index (κ1) is 21.4. The van der Waals surface area contributed by atoms with E-state index in [1.54, 1.807) is 6.07 Å². The molecule has 0 aliphatic carbocycles. The molecule has 6 nitrogen and oxygen atoms in total. The van der Waals surface area contributed by atoms with Crippen molar-refractivity contribution in [3.8, 4) is 0 Å². The lowest BCUT2D eigenvalue weighted by molar-refractivity contribution is -0.150. The molecule has 0 atom stereocenters. The molecule has 138 valence electrons. The van der Waals surface area contributed by atoms with Crippen LogP contribution in [0.25, 0.3) is 0 Å². The van der Waals surface area contributed by atoms with Crippen LogP contribution in [0, 0.1) is 0 Å². The third-order valence-electron chi connectivity index (χ3n) is 3.43. The molecule has 0 unspecified atom stereocenters. The number of carbonyl (C=O) groups excluding carboxylic acids is 3. The van der Waals surface area contributed by atoms with E-state index in [4.69, 9.17) is 21.1 Å². The molecule has 1 aromatic rings. The Hall–Kier alpha value is -1.60. The van der Waals surface area contributed by atoms with Crippen LogP contribution in [0.3, 0.4) is 0 Å². The highest BCUT2D eigenvalue weighted by Crippen LogP contribution is 2.25. The topological polar surface area (TPSA) is 81.7 Å². The van der Waals surface area contributed by atoms with Crippen molar-refractivity contribution in [1.29, 1.82) is 0 Å². The van der Waals surface area contributed by atoms with E-state index in [1.807, 2.05) is 12.1 Å². The summed E-state index contributed by atoms with van der Waals surface area (Å²) in [7, 11) is 0. The number of halogens is 2. The maximum Gasteiger partial charge on any atom is 0.302 e. The molecule has 0 aliphatic rings. The Morgan fingerprint density at radius 2 is 1.68 bits per heavy atom. The number of rotatable bonds is 8. The van der Waals surface area contributed by atoms with Crippen LogP contribution in [0.4, 0.5) is 0 Å². The summed E-state index contributed by atoms with van der Waals surface area (Å²) in [5, 5.41) is 3.33. The zero-order valence-electron chi connectivity index (χ0n) is 14.4.